The first kappa shape index (κ1) is 13.4. The number of hydrogen-bond acceptors (Lipinski definition) is 2. The average Bonchev–Trinajstić information content (AvgIpc) is 2.77. The zero-order valence-electron chi connectivity index (χ0n) is 9.15. The number of carboxylic acid groups (broad SMARTS) is 1. The first-order valence-corrected chi connectivity index (χ1v) is 5.33. The second-order valence-electron chi connectivity index (χ2n) is 3.58. The van der Waals surface area contributed by atoms with Crippen LogP contribution in [0.1, 0.15) is 16.1 Å². The fourth-order valence-electron chi connectivity index (χ4n) is 1.52. The van der Waals surface area contributed by atoms with Gasteiger partial charge in [0.1, 0.15) is 0 Å². The number of aromatic carboxylic acids is 1. The molecule has 0 amide bonds. The number of carbonyl (C=O) groups is 1. The fourth-order valence-corrected chi connectivity index (χ4v) is 1.78. The third-order valence-electron chi connectivity index (χ3n) is 2.33. The van der Waals surface area contributed by atoms with E-state index in [4.69, 9.17) is 16.7 Å². The number of nitrogens with zero attached hydrogens (tertiary/aromatic N) is 2. The molecule has 8 heteroatoms. The quantitative estimate of drug-likeness (QED) is 0.924. The Balaban J connectivity index is 2.59. The Kier molecular flexibility index (Phi) is 3.23. The SMILES string of the molecule is O=C(O)c1cccc(Cl)c1-n1ccc(C(F)(F)F)n1. The first-order valence-electron chi connectivity index (χ1n) is 4.96. The summed E-state index contributed by atoms with van der Waals surface area (Å²) in [5.74, 6) is -1.30. The van der Waals surface area contributed by atoms with Crippen molar-refractivity contribution >= 4 is 17.6 Å². The van der Waals surface area contributed by atoms with Crippen LogP contribution in [0.4, 0.5) is 13.2 Å². The topological polar surface area (TPSA) is 55.1 Å². The largest absolute Gasteiger partial charge is 0.478 e. The monoisotopic (exact) mass is 290 g/mol. The number of para-hydroxylation sites is 1. The third-order valence-corrected chi connectivity index (χ3v) is 2.63. The predicted molar refractivity (Wildman–Crippen MR) is 60.5 cm³/mol. The van der Waals surface area contributed by atoms with Gasteiger partial charge in [0.15, 0.2) is 5.69 Å². The van der Waals surface area contributed by atoms with Crippen LogP contribution in [-0.4, -0.2) is 20.9 Å². The lowest BCUT2D eigenvalue weighted by atomic mass is 10.2. The second kappa shape index (κ2) is 4.58. The predicted octanol–water partition coefficient (Wildman–Crippen LogP) is 3.24. The van der Waals surface area contributed by atoms with Gasteiger partial charge in [-0.05, 0) is 18.2 Å². The van der Waals surface area contributed by atoms with Crippen LogP contribution in [0.3, 0.4) is 0 Å². The molecule has 0 fully saturated rings. The molecule has 0 saturated heterocycles. The number of aromatic nitrogens is 2. The van der Waals surface area contributed by atoms with Gasteiger partial charge in [-0.2, -0.15) is 18.3 Å². The van der Waals surface area contributed by atoms with Crippen molar-refractivity contribution in [1.29, 1.82) is 0 Å². The van der Waals surface area contributed by atoms with E-state index in [1.807, 2.05) is 0 Å². The number of hydrogen-bond donors (Lipinski definition) is 1. The van der Waals surface area contributed by atoms with E-state index in [1.165, 1.54) is 18.2 Å². The minimum Gasteiger partial charge on any atom is -0.478 e. The maximum atomic E-state index is 12.5. The zero-order valence-corrected chi connectivity index (χ0v) is 9.90. The van der Waals surface area contributed by atoms with Crippen molar-refractivity contribution in [2.24, 2.45) is 0 Å². The van der Waals surface area contributed by atoms with Gasteiger partial charge in [-0.1, -0.05) is 17.7 Å². The number of alkyl halides is 3. The van der Waals surface area contributed by atoms with Crippen molar-refractivity contribution in [1.82, 2.24) is 9.78 Å². The van der Waals surface area contributed by atoms with E-state index in [9.17, 15) is 18.0 Å². The van der Waals surface area contributed by atoms with Gasteiger partial charge in [-0.15, -0.1) is 0 Å². The lowest BCUT2D eigenvalue weighted by molar-refractivity contribution is -0.141. The average molecular weight is 291 g/mol. The summed E-state index contributed by atoms with van der Waals surface area (Å²) in [7, 11) is 0. The van der Waals surface area contributed by atoms with Gasteiger partial charge in [0.05, 0.1) is 16.3 Å². The molecular weight excluding hydrogens is 285 g/mol. The molecule has 0 aliphatic rings. The molecule has 0 spiro atoms. The Morgan fingerprint density at radius 1 is 1.32 bits per heavy atom. The van der Waals surface area contributed by atoms with E-state index in [0.717, 1.165) is 16.9 Å². The highest BCUT2D eigenvalue weighted by atomic mass is 35.5. The van der Waals surface area contributed by atoms with Crippen molar-refractivity contribution in [2.75, 3.05) is 0 Å². The van der Waals surface area contributed by atoms with Crippen molar-refractivity contribution in [2.45, 2.75) is 6.18 Å². The van der Waals surface area contributed by atoms with E-state index < -0.39 is 17.8 Å². The van der Waals surface area contributed by atoms with Gasteiger partial charge in [-0.3, -0.25) is 0 Å². The second-order valence-corrected chi connectivity index (χ2v) is 3.99. The molecule has 0 aliphatic heterocycles. The minimum atomic E-state index is -4.60. The van der Waals surface area contributed by atoms with Gasteiger partial charge in [-0.25, -0.2) is 9.48 Å². The summed E-state index contributed by atoms with van der Waals surface area (Å²) in [6.45, 7) is 0. The number of carboxylic acids is 1. The molecule has 0 bridgehead atoms. The van der Waals surface area contributed by atoms with Crippen LogP contribution in [0.2, 0.25) is 5.02 Å². The molecule has 0 saturated carbocycles. The number of halogens is 4. The highest BCUT2D eigenvalue weighted by Gasteiger charge is 2.34. The first-order chi connectivity index (χ1) is 8.80. The molecule has 1 N–H and O–H groups in total. The van der Waals surface area contributed by atoms with Crippen LogP contribution in [0.15, 0.2) is 30.5 Å². The molecule has 100 valence electrons. The van der Waals surface area contributed by atoms with Crippen molar-refractivity contribution < 1.29 is 23.1 Å². The summed E-state index contributed by atoms with van der Waals surface area (Å²) in [4.78, 5) is 11.0. The van der Waals surface area contributed by atoms with E-state index in [2.05, 4.69) is 5.10 Å². The zero-order chi connectivity index (χ0) is 14.2. The van der Waals surface area contributed by atoms with E-state index in [1.54, 1.807) is 0 Å². The van der Waals surface area contributed by atoms with Crippen molar-refractivity contribution in [3.63, 3.8) is 0 Å². The Hall–Kier alpha value is -2.02. The lowest BCUT2D eigenvalue weighted by Crippen LogP contribution is -2.10. The summed E-state index contributed by atoms with van der Waals surface area (Å²) < 4.78 is 38.2. The van der Waals surface area contributed by atoms with Crippen molar-refractivity contribution in [3.8, 4) is 5.69 Å². The molecule has 0 unspecified atom stereocenters. The number of benzene rings is 1. The van der Waals surface area contributed by atoms with Gasteiger partial charge in [0, 0.05) is 6.20 Å². The van der Waals surface area contributed by atoms with Crippen LogP contribution in [0, 0.1) is 0 Å². The molecule has 2 aromatic rings. The highest BCUT2D eigenvalue weighted by Crippen LogP contribution is 2.30. The maximum Gasteiger partial charge on any atom is 0.435 e. The fraction of sp³-hybridized carbons (Fsp3) is 0.0909. The Morgan fingerprint density at radius 3 is 2.53 bits per heavy atom. The molecule has 0 atom stereocenters. The van der Waals surface area contributed by atoms with Crippen LogP contribution in [-0.2, 0) is 6.18 Å². The molecule has 2 rings (SSSR count). The minimum absolute atomic E-state index is 0.00303. The summed E-state index contributed by atoms with van der Waals surface area (Å²) in [5.41, 5.74) is -1.46. The van der Waals surface area contributed by atoms with E-state index in [0.29, 0.717) is 0 Å². The van der Waals surface area contributed by atoms with E-state index in [-0.39, 0.29) is 16.3 Å². The Bertz CT molecular complexity index is 637. The highest BCUT2D eigenvalue weighted by molar-refractivity contribution is 6.33. The van der Waals surface area contributed by atoms with Gasteiger partial charge in [0.2, 0.25) is 0 Å². The molecule has 1 heterocycles. The summed E-state index contributed by atoms with van der Waals surface area (Å²) in [5, 5.41) is 12.3. The van der Waals surface area contributed by atoms with Crippen LogP contribution in [0.5, 0.6) is 0 Å². The molecule has 1 aromatic heterocycles. The van der Waals surface area contributed by atoms with Crippen LogP contribution >= 0.6 is 11.6 Å². The standard InChI is InChI=1S/C11H6ClF3N2O2/c12-7-3-1-2-6(10(18)19)9(7)17-5-4-8(16-17)11(13,14)15/h1-5H,(H,18,19). The summed E-state index contributed by atoms with van der Waals surface area (Å²) >= 11 is 5.83. The molecule has 1 aromatic carbocycles. The normalized spacial score (nSPS) is 11.6. The Labute approximate surface area is 110 Å². The molecule has 19 heavy (non-hydrogen) atoms. The summed E-state index contributed by atoms with van der Waals surface area (Å²) in [6.07, 6.45) is -3.59. The lowest BCUT2D eigenvalue weighted by Gasteiger charge is -2.08. The molecular formula is C11H6ClF3N2O2. The third kappa shape index (κ3) is 2.55. The van der Waals surface area contributed by atoms with Crippen molar-refractivity contribution in [3.05, 3.63) is 46.7 Å². The molecule has 0 aliphatic carbocycles. The van der Waals surface area contributed by atoms with Gasteiger partial charge < -0.3 is 5.11 Å². The molecule has 0 radical (unpaired) electrons. The maximum absolute atomic E-state index is 12.5. The van der Waals surface area contributed by atoms with Crippen LogP contribution in [0.25, 0.3) is 5.69 Å². The van der Waals surface area contributed by atoms with Crippen LogP contribution < -0.4 is 0 Å². The Morgan fingerprint density at radius 2 is 2.00 bits per heavy atom. The molecule has 4 nitrogen and oxygen atoms in total. The summed E-state index contributed by atoms with van der Waals surface area (Å²) in [6, 6.07) is 4.75. The smallest absolute Gasteiger partial charge is 0.435 e. The van der Waals surface area contributed by atoms with Gasteiger partial charge in [0.25, 0.3) is 0 Å². The number of rotatable bonds is 2. The van der Waals surface area contributed by atoms with E-state index >= 15 is 0 Å². The van der Waals surface area contributed by atoms with Gasteiger partial charge >= 0.3 is 12.1 Å².